The maximum atomic E-state index is 12.0. The molecule has 1 unspecified atom stereocenters. The van der Waals surface area contributed by atoms with Crippen LogP contribution in [0.4, 0.5) is 0 Å². The second kappa shape index (κ2) is 9.98. The van der Waals surface area contributed by atoms with Crippen molar-refractivity contribution in [1.82, 2.24) is 20.4 Å². The van der Waals surface area contributed by atoms with Gasteiger partial charge in [-0.1, -0.05) is 11.6 Å². The average Bonchev–Trinajstić information content (AvgIpc) is 3.49. The van der Waals surface area contributed by atoms with Crippen LogP contribution in [-0.2, 0) is 4.79 Å². The predicted octanol–water partition coefficient (Wildman–Crippen LogP) is 1.58. The first-order valence-corrected chi connectivity index (χ1v) is 10.3. The number of halogens is 1. The van der Waals surface area contributed by atoms with Crippen molar-refractivity contribution in [1.29, 1.82) is 0 Å². The van der Waals surface area contributed by atoms with Gasteiger partial charge in [-0.25, -0.2) is 0 Å². The minimum Gasteiger partial charge on any atom is -0.489 e. The van der Waals surface area contributed by atoms with Gasteiger partial charge in [0.05, 0.1) is 13.1 Å². The van der Waals surface area contributed by atoms with Crippen LogP contribution in [0.5, 0.6) is 5.75 Å². The number of benzene rings is 1. The second-order valence-corrected chi connectivity index (χ2v) is 7.85. The van der Waals surface area contributed by atoms with Gasteiger partial charge < -0.3 is 20.3 Å². The van der Waals surface area contributed by atoms with Gasteiger partial charge in [-0.05, 0) is 44.0 Å². The van der Waals surface area contributed by atoms with Crippen LogP contribution in [-0.4, -0.2) is 80.1 Å². The smallest absolute Gasteiger partial charge is 0.234 e. The fourth-order valence-corrected chi connectivity index (χ4v) is 3.30. The summed E-state index contributed by atoms with van der Waals surface area (Å²) in [5.74, 6) is 1.81. The van der Waals surface area contributed by atoms with Crippen LogP contribution in [0.3, 0.4) is 0 Å². The molecule has 1 aromatic rings. The molecule has 3 rings (SSSR count). The van der Waals surface area contributed by atoms with Gasteiger partial charge in [0, 0.05) is 44.3 Å². The molecule has 1 aliphatic heterocycles. The van der Waals surface area contributed by atoms with Crippen LogP contribution < -0.4 is 15.4 Å². The molecule has 1 aromatic carbocycles. The predicted molar refractivity (Wildman–Crippen MR) is 112 cm³/mol. The highest BCUT2D eigenvalue weighted by molar-refractivity contribution is 6.30. The molecule has 2 aliphatic rings. The first kappa shape index (κ1) is 20.7. The van der Waals surface area contributed by atoms with Gasteiger partial charge in [0.2, 0.25) is 5.91 Å². The van der Waals surface area contributed by atoms with E-state index in [4.69, 9.17) is 16.3 Å². The lowest BCUT2D eigenvalue weighted by Gasteiger charge is -2.36. The molecule has 1 amide bonds. The van der Waals surface area contributed by atoms with E-state index in [1.54, 1.807) is 7.05 Å². The zero-order valence-corrected chi connectivity index (χ0v) is 17.4. The molecule has 1 atom stereocenters. The molecule has 1 saturated heterocycles. The first-order chi connectivity index (χ1) is 13.5. The SMILES string of the molecule is CN=C(NCC(C)Oc1ccc(Cl)cc1)N1CCN(CC(=O)NC2CC2)CC1. The largest absolute Gasteiger partial charge is 0.489 e. The maximum absolute atomic E-state index is 12.0. The number of carbonyl (C=O) groups excluding carboxylic acids is 1. The Bertz CT molecular complexity index is 670. The number of hydrogen-bond donors (Lipinski definition) is 2. The quantitative estimate of drug-likeness (QED) is 0.530. The number of rotatable bonds is 7. The van der Waals surface area contributed by atoms with Gasteiger partial charge in [-0.3, -0.25) is 14.7 Å². The molecular formula is C20H30ClN5O2. The van der Waals surface area contributed by atoms with E-state index in [0.717, 1.165) is 50.7 Å². The number of nitrogens with zero attached hydrogens (tertiary/aromatic N) is 3. The van der Waals surface area contributed by atoms with Crippen LogP contribution in [0.15, 0.2) is 29.3 Å². The zero-order valence-electron chi connectivity index (χ0n) is 16.7. The van der Waals surface area contributed by atoms with Crippen molar-refractivity contribution >= 4 is 23.5 Å². The van der Waals surface area contributed by atoms with Gasteiger partial charge >= 0.3 is 0 Å². The van der Waals surface area contributed by atoms with E-state index in [1.165, 1.54) is 0 Å². The lowest BCUT2D eigenvalue weighted by molar-refractivity contribution is -0.122. The summed E-state index contributed by atoms with van der Waals surface area (Å²) in [6, 6.07) is 7.80. The summed E-state index contributed by atoms with van der Waals surface area (Å²) in [5.41, 5.74) is 0. The summed E-state index contributed by atoms with van der Waals surface area (Å²) in [6.07, 6.45) is 2.24. The molecule has 1 saturated carbocycles. The van der Waals surface area contributed by atoms with Gasteiger partial charge in [-0.2, -0.15) is 0 Å². The van der Waals surface area contributed by atoms with Crippen molar-refractivity contribution in [3.63, 3.8) is 0 Å². The van der Waals surface area contributed by atoms with Crippen molar-refractivity contribution in [3.8, 4) is 5.75 Å². The Morgan fingerprint density at radius 3 is 2.54 bits per heavy atom. The Kier molecular flexibility index (Phi) is 7.39. The van der Waals surface area contributed by atoms with Crippen LogP contribution in [0.2, 0.25) is 5.02 Å². The molecule has 0 spiro atoms. The number of carbonyl (C=O) groups is 1. The third kappa shape index (κ3) is 6.56. The zero-order chi connectivity index (χ0) is 19.9. The Labute approximate surface area is 172 Å². The fourth-order valence-electron chi connectivity index (χ4n) is 3.18. The van der Waals surface area contributed by atoms with Crippen molar-refractivity contribution in [2.45, 2.75) is 31.9 Å². The molecule has 0 aromatic heterocycles. The van der Waals surface area contributed by atoms with E-state index >= 15 is 0 Å². The maximum Gasteiger partial charge on any atom is 0.234 e. The van der Waals surface area contributed by atoms with Gasteiger partial charge in [0.25, 0.3) is 0 Å². The van der Waals surface area contributed by atoms with Crippen LogP contribution in [0.1, 0.15) is 19.8 Å². The molecule has 154 valence electrons. The highest BCUT2D eigenvalue weighted by atomic mass is 35.5. The average molecular weight is 408 g/mol. The van der Waals surface area contributed by atoms with Crippen molar-refractivity contribution in [2.75, 3.05) is 46.3 Å². The van der Waals surface area contributed by atoms with Crippen LogP contribution >= 0.6 is 11.6 Å². The molecule has 0 bridgehead atoms. The number of aliphatic imine (C=N–C) groups is 1. The molecule has 0 radical (unpaired) electrons. The summed E-state index contributed by atoms with van der Waals surface area (Å²) >= 11 is 5.90. The minimum atomic E-state index is -0.00895. The molecule has 7 nitrogen and oxygen atoms in total. The number of amides is 1. The number of guanidine groups is 1. The Hall–Kier alpha value is -1.99. The highest BCUT2D eigenvalue weighted by Crippen LogP contribution is 2.18. The van der Waals surface area contributed by atoms with Crippen molar-refractivity contribution in [3.05, 3.63) is 29.3 Å². The standard InChI is InChI=1S/C20H30ClN5O2/c1-15(28-18-7-3-16(21)4-8-18)13-23-20(22-2)26-11-9-25(10-12-26)14-19(27)24-17-5-6-17/h3-4,7-8,15,17H,5-6,9-14H2,1-2H3,(H,22,23)(H,24,27). The normalized spacial score (nSPS) is 19.2. The molecule has 8 heteroatoms. The Morgan fingerprint density at radius 1 is 1.25 bits per heavy atom. The van der Waals surface area contributed by atoms with Crippen molar-refractivity contribution < 1.29 is 9.53 Å². The monoisotopic (exact) mass is 407 g/mol. The first-order valence-electron chi connectivity index (χ1n) is 9.93. The minimum absolute atomic E-state index is 0.00895. The number of nitrogens with one attached hydrogen (secondary N) is 2. The highest BCUT2D eigenvalue weighted by Gasteiger charge is 2.26. The molecular weight excluding hydrogens is 378 g/mol. The van der Waals surface area contributed by atoms with E-state index in [1.807, 2.05) is 31.2 Å². The summed E-state index contributed by atoms with van der Waals surface area (Å²) in [5, 5.41) is 7.14. The summed E-state index contributed by atoms with van der Waals surface area (Å²) in [6.45, 7) is 6.57. The van der Waals surface area contributed by atoms with E-state index in [-0.39, 0.29) is 12.0 Å². The van der Waals surface area contributed by atoms with Crippen LogP contribution in [0.25, 0.3) is 0 Å². The number of piperazine rings is 1. The van der Waals surface area contributed by atoms with E-state index in [0.29, 0.717) is 24.2 Å². The lowest BCUT2D eigenvalue weighted by atomic mass is 10.3. The summed E-state index contributed by atoms with van der Waals surface area (Å²) in [4.78, 5) is 20.8. The van der Waals surface area contributed by atoms with Gasteiger partial charge in [0.1, 0.15) is 11.9 Å². The Balaban J connectivity index is 1.37. The van der Waals surface area contributed by atoms with E-state index in [2.05, 4.69) is 25.4 Å². The van der Waals surface area contributed by atoms with Gasteiger partial charge in [0.15, 0.2) is 5.96 Å². The molecule has 2 N–H and O–H groups in total. The second-order valence-electron chi connectivity index (χ2n) is 7.42. The fraction of sp³-hybridized carbons (Fsp3) is 0.600. The third-order valence-corrected chi connectivity index (χ3v) is 5.14. The Morgan fingerprint density at radius 2 is 1.93 bits per heavy atom. The van der Waals surface area contributed by atoms with Crippen molar-refractivity contribution in [2.24, 2.45) is 4.99 Å². The molecule has 28 heavy (non-hydrogen) atoms. The van der Waals surface area contributed by atoms with Crippen LogP contribution in [0, 0.1) is 0 Å². The molecule has 2 fully saturated rings. The molecule has 1 heterocycles. The summed E-state index contributed by atoms with van der Waals surface area (Å²) < 4.78 is 5.90. The van der Waals surface area contributed by atoms with Gasteiger partial charge in [-0.15, -0.1) is 0 Å². The van der Waals surface area contributed by atoms with E-state index < -0.39 is 0 Å². The number of hydrogen-bond acceptors (Lipinski definition) is 4. The molecule has 1 aliphatic carbocycles. The topological polar surface area (TPSA) is 69.2 Å². The lowest BCUT2D eigenvalue weighted by Crippen LogP contribution is -2.54. The third-order valence-electron chi connectivity index (χ3n) is 4.89. The summed E-state index contributed by atoms with van der Waals surface area (Å²) in [7, 11) is 1.79. The van der Waals surface area contributed by atoms with E-state index in [9.17, 15) is 4.79 Å². The number of ether oxygens (including phenoxy) is 1.